The van der Waals surface area contributed by atoms with E-state index in [9.17, 15) is 14.0 Å². The molecule has 0 unspecified atom stereocenters. The summed E-state index contributed by atoms with van der Waals surface area (Å²) >= 11 is 0. The number of rotatable bonds is 3. The maximum atomic E-state index is 14.6. The van der Waals surface area contributed by atoms with Crippen LogP contribution in [-0.4, -0.2) is 42.3 Å². The van der Waals surface area contributed by atoms with Gasteiger partial charge in [-0.25, -0.2) is 14.0 Å². The molecule has 142 valence electrons. The van der Waals surface area contributed by atoms with Crippen LogP contribution in [0.2, 0.25) is 0 Å². The molecule has 1 aliphatic rings. The van der Waals surface area contributed by atoms with Gasteiger partial charge in [-0.05, 0) is 45.4 Å². The van der Waals surface area contributed by atoms with Crippen LogP contribution >= 0.6 is 0 Å². The zero-order valence-corrected chi connectivity index (χ0v) is 15.4. The molecule has 2 rings (SSSR count). The third-order valence-electron chi connectivity index (χ3n) is 3.77. The molecule has 0 atom stereocenters. The lowest BCUT2D eigenvalue weighted by atomic mass is 10.0. The van der Waals surface area contributed by atoms with Gasteiger partial charge in [-0.1, -0.05) is 0 Å². The topological polar surface area (TPSA) is 108 Å². The standard InChI is InChI=1S/C18H24FN3O4/c1-5-25-16(23)12-9-22(17(24)26-18(2,3)4)8-11(12)10-6-7-13(20)15(21)14(10)19/h6-7H,5,8-9,20-21H2,1-4H3. The van der Waals surface area contributed by atoms with Gasteiger partial charge in [-0.2, -0.15) is 0 Å². The predicted molar refractivity (Wildman–Crippen MR) is 96.6 cm³/mol. The van der Waals surface area contributed by atoms with Crippen LogP contribution < -0.4 is 11.5 Å². The van der Waals surface area contributed by atoms with Crippen LogP contribution in [0.3, 0.4) is 0 Å². The molecule has 1 aliphatic heterocycles. The number of amides is 1. The van der Waals surface area contributed by atoms with Crippen molar-refractivity contribution in [3.63, 3.8) is 0 Å². The number of esters is 1. The molecule has 1 heterocycles. The van der Waals surface area contributed by atoms with Gasteiger partial charge in [0.25, 0.3) is 0 Å². The van der Waals surface area contributed by atoms with Gasteiger partial charge in [0.2, 0.25) is 0 Å². The van der Waals surface area contributed by atoms with E-state index in [1.807, 2.05) is 0 Å². The van der Waals surface area contributed by atoms with Crippen molar-refractivity contribution in [2.45, 2.75) is 33.3 Å². The Morgan fingerprint density at radius 1 is 1.23 bits per heavy atom. The fourth-order valence-electron chi connectivity index (χ4n) is 2.58. The van der Waals surface area contributed by atoms with Gasteiger partial charge in [0.15, 0.2) is 5.82 Å². The molecular formula is C18H24FN3O4. The fourth-order valence-corrected chi connectivity index (χ4v) is 2.58. The van der Waals surface area contributed by atoms with E-state index >= 15 is 0 Å². The van der Waals surface area contributed by atoms with Crippen molar-refractivity contribution in [3.8, 4) is 0 Å². The van der Waals surface area contributed by atoms with Crippen molar-refractivity contribution in [3.05, 3.63) is 29.1 Å². The number of anilines is 2. The zero-order valence-electron chi connectivity index (χ0n) is 15.4. The van der Waals surface area contributed by atoms with Crippen LogP contribution in [-0.2, 0) is 14.3 Å². The Bertz CT molecular complexity index is 768. The largest absolute Gasteiger partial charge is 0.463 e. The van der Waals surface area contributed by atoms with E-state index in [0.29, 0.717) is 5.57 Å². The van der Waals surface area contributed by atoms with Crippen LogP contribution in [0.15, 0.2) is 17.7 Å². The first-order chi connectivity index (χ1) is 12.0. The van der Waals surface area contributed by atoms with E-state index in [1.54, 1.807) is 27.7 Å². The number of halogens is 1. The quantitative estimate of drug-likeness (QED) is 0.629. The van der Waals surface area contributed by atoms with Crippen LogP contribution in [0, 0.1) is 5.82 Å². The Kier molecular flexibility index (Phi) is 5.44. The molecule has 26 heavy (non-hydrogen) atoms. The number of nitrogen functional groups attached to an aromatic ring is 2. The van der Waals surface area contributed by atoms with Crippen LogP contribution in [0.5, 0.6) is 0 Å². The Hall–Kier alpha value is -2.77. The first-order valence-corrected chi connectivity index (χ1v) is 8.26. The van der Waals surface area contributed by atoms with Gasteiger partial charge in [-0.3, -0.25) is 4.90 Å². The molecule has 1 aromatic rings. The first-order valence-electron chi connectivity index (χ1n) is 8.26. The van der Waals surface area contributed by atoms with Gasteiger partial charge in [0, 0.05) is 5.56 Å². The number of nitrogens with zero attached hydrogens (tertiary/aromatic N) is 1. The molecule has 0 spiro atoms. The molecule has 0 fully saturated rings. The molecular weight excluding hydrogens is 341 g/mol. The molecule has 0 saturated heterocycles. The molecule has 1 aromatic carbocycles. The highest BCUT2D eigenvalue weighted by atomic mass is 19.1. The number of hydrogen-bond donors (Lipinski definition) is 2. The van der Waals surface area contributed by atoms with E-state index < -0.39 is 23.5 Å². The summed E-state index contributed by atoms with van der Waals surface area (Å²) in [7, 11) is 0. The molecule has 0 radical (unpaired) electrons. The highest BCUT2D eigenvalue weighted by Gasteiger charge is 2.34. The lowest BCUT2D eigenvalue weighted by Gasteiger charge is -2.24. The Morgan fingerprint density at radius 3 is 2.46 bits per heavy atom. The molecule has 0 bridgehead atoms. The van der Waals surface area contributed by atoms with E-state index in [0.717, 1.165) is 0 Å². The third kappa shape index (κ3) is 4.07. The maximum Gasteiger partial charge on any atom is 0.410 e. The Labute approximate surface area is 151 Å². The summed E-state index contributed by atoms with van der Waals surface area (Å²) in [6.45, 7) is 7.01. The Morgan fingerprint density at radius 2 is 1.88 bits per heavy atom. The molecule has 0 aromatic heterocycles. The number of carbonyl (C=O) groups is 2. The van der Waals surface area contributed by atoms with Gasteiger partial charge in [0.05, 0.1) is 36.6 Å². The summed E-state index contributed by atoms with van der Waals surface area (Å²) in [5.74, 6) is -1.34. The molecule has 7 nitrogen and oxygen atoms in total. The zero-order chi connectivity index (χ0) is 19.6. The minimum atomic E-state index is -0.729. The lowest BCUT2D eigenvalue weighted by Crippen LogP contribution is -2.36. The van der Waals surface area contributed by atoms with Crippen LogP contribution in [0.25, 0.3) is 5.57 Å². The summed E-state index contributed by atoms with van der Waals surface area (Å²) in [6, 6.07) is 2.90. The van der Waals surface area contributed by atoms with Gasteiger partial charge >= 0.3 is 12.1 Å². The molecule has 8 heteroatoms. The minimum Gasteiger partial charge on any atom is -0.463 e. The van der Waals surface area contributed by atoms with Crippen molar-refractivity contribution in [1.29, 1.82) is 0 Å². The van der Waals surface area contributed by atoms with Crippen molar-refractivity contribution < 1.29 is 23.5 Å². The summed E-state index contributed by atoms with van der Waals surface area (Å²) in [5, 5.41) is 0. The summed E-state index contributed by atoms with van der Waals surface area (Å²) < 4.78 is 25.0. The molecule has 0 aliphatic carbocycles. The maximum absolute atomic E-state index is 14.6. The van der Waals surface area contributed by atoms with E-state index in [2.05, 4.69) is 0 Å². The number of carbonyl (C=O) groups excluding carboxylic acids is 2. The smallest absolute Gasteiger partial charge is 0.410 e. The lowest BCUT2D eigenvalue weighted by molar-refractivity contribution is -0.138. The number of nitrogens with two attached hydrogens (primary N) is 2. The highest BCUT2D eigenvalue weighted by Crippen LogP contribution is 2.33. The Balaban J connectivity index is 2.41. The molecule has 4 N–H and O–H groups in total. The van der Waals surface area contributed by atoms with E-state index in [1.165, 1.54) is 17.0 Å². The second-order valence-electron chi connectivity index (χ2n) is 6.94. The second-order valence-corrected chi connectivity index (χ2v) is 6.94. The summed E-state index contributed by atoms with van der Waals surface area (Å²) in [6.07, 6.45) is -0.599. The fraction of sp³-hybridized carbons (Fsp3) is 0.444. The minimum absolute atomic E-state index is 0.00331. The molecule has 0 saturated carbocycles. The SMILES string of the molecule is CCOC(=O)C1=C(c2ccc(N)c(N)c2F)CN(C(=O)OC(C)(C)C)C1. The van der Waals surface area contributed by atoms with Gasteiger partial charge in [0.1, 0.15) is 5.60 Å². The summed E-state index contributed by atoms with van der Waals surface area (Å²) in [4.78, 5) is 26.0. The average Bonchev–Trinajstić information content (AvgIpc) is 2.97. The van der Waals surface area contributed by atoms with Gasteiger partial charge < -0.3 is 20.9 Å². The highest BCUT2D eigenvalue weighted by molar-refractivity contribution is 6.01. The number of hydrogen-bond acceptors (Lipinski definition) is 6. The van der Waals surface area contributed by atoms with Crippen molar-refractivity contribution in [1.82, 2.24) is 4.90 Å². The predicted octanol–water partition coefficient (Wildman–Crippen LogP) is 2.56. The van der Waals surface area contributed by atoms with Crippen LogP contribution in [0.4, 0.5) is 20.6 Å². The molecule has 1 amide bonds. The van der Waals surface area contributed by atoms with E-state index in [-0.39, 0.29) is 42.2 Å². The monoisotopic (exact) mass is 365 g/mol. The summed E-state index contributed by atoms with van der Waals surface area (Å²) in [5.41, 5.74) is 11.1. The first kappa shape index (κ1) is 19.6. The van der Waals surface area contributed by atoms with Crippen molar-refractivity contribution in [2.75, 3.05) is 31.2 Å². The normalized spacial score (nSPS) is 14.6. The third-order valence-corrected chi connectivity index (χ3v) is 3.77. The van der Waals surface area contributed by atoms with E-state index in [4.69, 9.17) is 20.9 Å². The van der Waals surface area contributed by atoms with Crippen molar-refractivity contribution in [2.24, 2.45) is 0 Å². The van der Waals surface area contributed by atoms with Crippen LogP contribution in [0.1, 0.15) is 33.3 Å². The van der Waals surface area contributed by atoms with Crippen molar-refractivity contribution >= 4 is 29.0 Å². The average molecular weight is 365 g/mol. The number of ether oxygens (including phenoxy) is 2. The second kappa shape index (κ2) is 7.23. The number of benzene rings is 1. The van der Waals surface area contributed by atoms with Gasteiger partial charge in [-0.15, -0.1) is 0 Å².